The van der Waals surface area contributed by atoms with Gasteiger partial charge in [0.2, 0.25) is 5.91 Å². The first-order valence-corrected chi connectivity index (χ1v) is 10.5. The number of urea groups is 1. The van der Waals surface area contributed by atoms with Crippen molar-refractivity contribution < 1.29 is 19.1 Å². The highest BCUT2D eigenvalue weighted by atomic mass is 16.5. The Morgan fingerprint density at radius 1 is 1.38 bits per heavy atom. The van der Waals surface area contributed by atoms with Crippen molar-refractivity contribution in [1.29, 1.82) is 0 Å². The molecule has 29 heavy (non-hydrogen) atoms. The minimum atomic E-state index is -0.249. The normalized spacial score (nSPS) is 25.4. The number of hydrogen-bond acceptors (Lipinski definition) is 5. The topological polar surface area (TPSA) is 75.2 Å². The number of rotatable bonds is 6. The predicted octanol–water partition coefficient (Wildman–Crippen LogP) is 1.51. The van der Waals surface area contributed by atoms with Gasteiger partial charge in [0.05, 0.1) is 12.1 Å². The van der Waals surface area contributed by atoms with Gasteiger partial charge in [0.25, 0.3) is 0 Å². The Balaban J connectivity index is 1.44. The van der Waals surface area contributed by atoms with Crippen LogP contribution in [0.25, 0.3) is 0 Å². The highest BCUT2D eigenvalue weighted by Crippen LogP contribution is 2.38. The summed E-state index contributed by atoms with van der Waals surface area (Å²) in [6, 6.07) is 4.12. The van der Waals surface area contributed by atoms with Gasteiger partial charge in [-0.1, -0.05) is 6.07 Å². The fourth-order valence-corrected chi connectivity index (χ4v) is 4.80. The van der Waals surface area contributed by atoms with E-state index < -0.39 is 0 Å². The molecule has 0 bridgehead atoms. The summed E-state index contributed by atoms with van der Waals surface area (Å²) < 4.78 is 11.0. The lowest BCUT2D eigenvalue weighted by atomic mass is 9.93. The lowest BCUT2D eigenvalue weighted by Gasteiger charge is -2.42. The van der Waals surface area contributed by atoms with Crippen LogP contribution < -0.4 is 0 Å². The van der Waals surface area contributed by atoms with Crippen molar-refractivity contribution in [2.75, 3.05) is 46.1 Å². The highest BCUT2D eigenvalue weighted by molar-refractivity contribution is 5.79. The van der Waals surface area contributed by atoms with Gasteiger partial charge in [-0.05, 0) is 37.8 Å². The van der Waals surface area contributed by atoms with Gasteiger partial charge in [-0.2, -0.15) is 0 Å². The summed E-state index contributed by atoms with van der Waals surface area (Å²) >= 11 is 0. The van der Waals surface area contributed by atoms with Crippen molar-refractivity contribution >= 4 is 11.9 Å². The second-order valence-electron chi connectivity index (χ2n) is 8.15. The molecular weight excluding hydrogens is 372 g/mol. The molecule has 4 rings (SSSR count). The second kappa shape index (κ2) is 8.67. The van der Waals surface area contributed by atoms with Gasteiger partial charge < -0.3 is 24.2 Å². The van der Waals surface area contributed by atoms with Crippen molar-refractivity contribution in [3.63, 3.8) is 0 Å². The first-order valence-electron chi connectivity index (χ1n) is 10.5. The first-order chi connectivity index (χ1) is 14.1. The van der Waals surface area contributed by atoms with E-state index in [0.717, 1.165) is 24.8 Å². The van der Waals surface area contributed by atoms with Gasteiger partial charge in [0, 0.05) is 57.8 Å². The number of nitrogens with zero attached hydrogens (tertiary/aromatic N) is 4. The molecule has 3 amide bonds. The molecule has 0 N–H and O–H groups in total. The molecule has 1 spiro atoms. The fraction of sp³-hybridized carbons (Fsp3) is 0.667. The van der Waals surface area contributed by atoms with Crippen LogP contribution in [0.3, 0.4) is 0 Å². The molecule has 3 saturated heterocycles. The largest absolute Gasteiger partial charge is 0.379 e. The average molecular weight is 402 g/mol. The number of amides is 3. The Morgan fingerprint density at radius 2 is 2.21 bits per heavy atom. The Bertz CT molecular complexity index is 715. The van der Waals surface area contributed by atoms with Crippen molar-refractivity contribution in [3.8, 4) is 0 Å². The van der Waals surface area contributed by atoms with E-state index in [1.54, 1.807) is 6.20 Å². The lowest BCUT2D eigenvalue weighted by Crippen LogP contribution is -2.56. The van der Waals surface area contributed by atoms with Crippen LogP contribution >= 0.6 is 0 Å². The molecule has 3 aliphatic rings. The van der Waals surface area contributed by atoms with Crippen LogP contribution in [0.4, 0.5) is 4.79 Å². The SMILES string of the molecule is CCOCC(=O)N1CCC(N2C(=O)N(Cc3cccnc3)CC23CCOC3)CC1. The number of hydrogen-bond donors (Lipinski definition) is 0. The van der Waals surface area contributed by atoms with Crippen LogP contribution in [-0.2, 0) is 20.8 Å². The second-order valence-corrected chi connectivity index (χ2v) is 8.15. The molecule has 1 aromatic heterocycles. The monoisotopic (exact) mass is 402 g/mol. The van der Waals surface area contributed by atoms with E-state index in [9.17, 15) is 9.59 Å². The Hall–Kier alpha value is -2.19. The maximum absolute atomic E-state index is 13.4. The van der Waals surface area contributed by atoms with E-state index in [-0.39, 0.29) is 30.1 Å². The summed E-state index contributed by atoms with van der Waals surface area (Å²) in [4.78, 5) is 35.7. The number of pyridine rings is 1. The van der Waals surface area contributed by atoms with E-state index in [4.69, 9.17) is 9.47 Å². The van der Waals surface area contributed by atoms with E-state index in [1.807, 2.05) is 35.1 Å². The smallest absolute Gasteiger partial charge is 0.321 e. The van der Waals surface area contributed by atoms with E-state index >= 15 is 0 Å². The predicted molar refractivity (Wildman–Crippen MR) is 106 cm³/mol. The molecule has 0 radical (unpaired) electrons. The molecule has 0 saturated carbocycles. The quantitative estimate of drug-likeness (QED) is 0.721. The van der Waals surface area contributed by atoms with Crippen LogP contribution in [0.1, 0.15) is 31.7 Å². The molecule has 0 aromatic carbocycles. The van der Waals surface area contributed by atoms with E-state index in [2.05, 4.69) is 9.88 Å². The van der Waals surface area contributed by atoms with Crippen LogP contribution in [0.2, 0.25) is 0 Å². The Kier molecular flexibility index (Phi) is 6.01. The van der Waals surface area contributed by atoms with Crippen LogP contribution in [0.15, 0.2) is 24.5 Å². The van der Waals surface area contributed by atoms with Gasteiger partial charge in [-0.3, -0.25) is 9.78 Å². The Morgan fingerprint density at radius 3 is 2.86 bits per heavy atom. The molecule has 1 aromatic rings. The van der Waals surface area contributed by atoms with Crippen molar-refractivity contribution in [3.05, 3.63) is 30.1 Å². The molecule has 3 aliphatic heterocycles. The number of piperidine rings is 1. The number of carbonyl (C=O) groups excluding carboxylic acids is 2. The molecule has 3 fully saturated rings. The summed E-state index contributed by atoms with van der Waals surface area (Å²) in [7, 11) is 0. The van der Waals surface area contributed by atoms with Crippen LogP contribution in [0, 0.1) is 0 Å². The number of likely N-dealkylation sites (tertiary alicyclic amines) is 1. The van der Waals surface area contributed by atoms with E-state index in [1.165, 1.54) is 0 Å². The van der Waals surface area contributed by atoms with E-state index in [0.29, 0.717) is 46.0 Å². The third kappa shape index (κ3) is 4.09. The molecular formula is C21H30N4O4. The summed E-state index contributed by atoms with van der Waals surface area (Å²) in [6.07, 6.45) is 6.02. The number of aromatic nitrogens is 1. The highest BCUT2D eigenvalue weighted by Gasteiger charge is 2.54. The fourth-order valence-electron chi connectivity index (χ4n) is 4.80. The first kappa shape index (κ1) is 20.1. The lowest BCUT2D eigenvalue weighted by molar-refractivity contribution is -0.137. The third-order valence-corrected chi connectivity index (χ3v) is 6.26. The van der Waals surface area contributed by atoms with Crippen molar-refractivity contribution in [1.82, 2.24) is 19.7 Å². The average Bonchev–Trinajstić information content (AvgIpc) is 3.31. The van der Waals surface area contributed by atoms with Crippen molar-refractivity contribution in [2.45, 2.75) is 44.3 Å². The minimum Gasteiger partial charge on any atom is -0.379 e. The standard InChI is InChI=1S/C21H30N4O4/c1-2-28-14-19(26)23-9-5-18(6-10-23)25-20(27)24(13-17-4-3-8-22-12-17)15-21(25)7-11-29-16-21/h3-4,8,12,18H,2,5-7,9-11,13-16H2,1H3. The summed E-state index contributed by atoms with van der Waals surface area (Å²) in [5.41, 5.74) is 0.787. The zero-order valence-electron chi connectivity index (χ0n) is 17.1. The Labute approximate surface area is 171 Å². The number of ether oxygens (including phenoxy) is 2. The van der Waals surface area contributed by atoms with Gasteiger partial charge in [0.1, 0.15) is 6.61 Å². The van der Waals surface area contributed by atoms with Crippen molar-refractivity contribution in [2.24, 2.45) is 0 Å². The zero-order valence-corrected chi connectivity index (χ0v) is 17.1. The van der Waals surface area contributed by atoms with Gasteiger partial charge >= 0.3 is 6.03 Å². The maximum Gasteiger partial charge on any atom is 0.321 e. The molecule has 8 nitrogen and oxygen atoms in total. The molecule has 1 unspecified atom stereocenters. The summed E-state index contributed by atoms with van der Waals surface area (Å²) in [5, 5.41) is 0. The third-order valence-electron chi connectivity index (χ3n) is 6.26. The molecule has 4 heterocycles. The van der Waals surface area contributed by atoms with Crippen LogP contribution in [-0.4, -0.2) is 89.3 Å². The van der Waals surface area contributed by atoms with Gasteiger partial charge in [-0.25, -0.2) is 4.79 Å². The molecule has 8 heteroatoms. The number of carbonyl (C=O) groups is 2. The summed E-state index contributed by atoms with van der Waals surface area (Å²) in [5.74, 6) is 0.0372. The van der Waals surface area contributed by atoms with Gasteiger partial charge in [-0.15, -0.1) is 0 Å². The van der Waals surface area contributed by atoms with Gasteiger partial charge in [0.15, 0.2) is 0 Å². The van der Waals surface area contributed by atoms with Crippen LogP contribution in [0.5, 0.6) is 0 Å². The molecule has 1 atom stereocenters. The summed E-state index contributed by atoms with van der Waals surface area (Å²) in [6.45, 7) is 6.43. The molecule has 158 valence electrons. The molecule has 0 aliphatic carbocycles. The zero-order chi connectivity index (χ0) is 20.3. The minimum absolute atomic E-state index is 0.0372. The maximum atomic E-state index is 13.4.